The predicted molar refractivity (Wildman–Crippen MR) is 68.7 cm³/mol. The zero-order valence-electron chi connectivity index (χ0n) is 10.9. The first-order chi connectivity index (χ1) is 9.08. The van der Waals surface area contributed by atoms with Crippen LogP contribution in [0, 0.1) is 0 Å². The van der Waals surface area contributed by atoms with E-state index in [1.54, 1.807) is 0 Å². The van der Waals surface area contributed by atoms with Crippen molar-refractivity contribution in [3.05, 3.63) is 0 Å². The maximum absolute atomic E-state index is 11.3. The summed E-state index contributed by atoms with van der Waals surface area (Å²) >= 11 is 0. The minimum Gasteiger partial charge on any atom is -0.481 e. The van der Waals surface area contributed by atoms with Gasteiger partial charge in [-0.15, -0.1) is 0 Å². The van der Waals surface area contributed by atoms with Crippen molar-refractivity contribution in [1.29, 1.82) is 0 Å². The largest absolute Gasteiger partial charge is 0.481 e. The van der Waals surface area contributed by atoms with Crippen LogP contribution in [0.5, 0.6) is 0 Å². The SMILES string of the molecule is O=C(O)CCCNC(=O)NCCCC(=O)NC1CC1. The van der Waals surface area contributed by atoms with Crippen LogP contribution >= 0.6 is 0 Å². The molecule has 0 aliphatic heterocycles. The lowest BCUT2D eigenvalue weighted by Crippen LogP contribution is -2.37. The summed E-state index contributed by atoms with van der Waals surface area (Å²) in [6, 6.07) is 0.0472. The van der Waals surface area contributed by atoms with Gasteiger partial charge in [-0.1, -0.05) is 0 Å². The average molecular weight is 271 g/mol. The molecule has 0 aromatic carbocycles. The number of amides is 3. The maximum atomic E-state index is 11.3. The Labute approximate surface area is 112 Å². The lowest BCUT2D eigenvalue weighted by atomic mass is 10.3. The third kappa shape index (κ3) is 8.87. The van der Waals surface area contributed by atoms with Gasteiger partial charge >= 0.3 is 12.0 Å². The van der Waals surface area contributed by atoms with E-state index < -0.39 is 5.97 Å². The van der Waals surface area contributed by atoms with Crippen molar-refractivity contribution in [3.8, 4) is 0 Å². The van der Waals surface area contributed by atoms with E-state index in [-0.39, 0.29) is 18.4 Å². The van der Waals surface area contributed by atoms with Gasteiger partial charge < -0.3 is 21.1 Å². The normalized spacial score (nSPS) is 13.7. The number of carbonyl (C=O) groups is 3. The molecule has 0 aromatic heterocycles. The summed E-state index contributed by atoms with van der Waals surface area (Å²) in [5.41, 5.74) is 0. The molecule has 1 saturated carbocycles. The second-order valence-corrected chi connectivity index (χ2v) is 4.63. The summed E-state index contributed by atoms with van der Waals surface area (Å²) in [6.45, 7) is 0.767. The van der Waals surface area contributed by atoms with Gasteiger partial charge in [0.25, 0.3) is 0 Å². The number of carboxylic acid groups (broad SMARTS) is 1. The number of aliphatic carboxylic acids is 1. The summed E-state index contributed by atoms with van der Waals surface area (Å²) < 4.78 is 0. The van der Waals surface area contributed by atoms with Crippen molar-refractivity contribution in [2.24, 2.45) is 0 Å². The Balaban J connectivity index is 1.88. The highest BCUT2D eigenvalue weighted by Gasteiger charge is 2.22. The Bertz CT molecular complexity index is 329. The molecule has 1 rings (SSSR count). The summed E-state index contributed by atoms with van der Waals surface area (Å²) in [7, 11) is 0. The highest BCUT2D eigenvalue weighted by molar-refractivity contribution is 5.77. The van der Waals surface area contributed by atoms with E-state index in [0.717, 1.165) is 12.8 Å². The van der Waals surface area contributed by atoms with Gasteiger partial charge in [-0.3, -0.25) is 9.59 Å². The van der Waals surface area contributed by atoms with E-state index >= 15 is 0 Å². The average Bonchev–Trinajstić information content (AvgIpc) is 3.14. The van der Waals surface area contributed by atoms with Crippen molar-refractivity contribution >= 4 is 17.9 Å². The van der Waals surface area contributed by atoms with Crippen molar-refractivity contribution in [3.63, 3.8) is 0 Å². The highest BCUT2D eigenvalue weighted by Crippen LogP contribution is 2.18. The smallest absolute Gasteiger partial charge is 0.314 e. The van der Waals surface area contributed by atoms with E-state index in [9.17, 15) is 14.4 Å². The van der Waals surface area contributed by atoms with Gasteiger partial charge in [0.05, 0.1) is 0 Å². The Hall–Kier alpha value is -1.79. The number of hydrogen-bond donors (Lipinski definition) is 4. The molecule has 19 heavy (non-hydrogen) atoms. The molecule has 0 saturated heterocycles. The fourth-order valence-electron chi connectivity index (χ4n) is 1.48. The summed E-state index contributed by atoms with van der Waals surface area (Å²) in [4.78, 5) is 32.8. The van der Waals surface area contributed by atoms with Crippen LogP contribution in [0.1, 0.15) is 38.5 Å². The van der Waals surface area contributed by atoms with Gasteiger partial charge in [-0.25, -0.2) is 4.79 Å². The monoisotopic (exact) mass is 271 g/mol. The summed E-state index contributed by atoms with van der Waals surface area (Å²) in [6.07, 6.45) is 3.61. The molecule has 0 bridgehead atoms. The minimum absolute atomic E-state index is 0.0335. The van der Waals surface area contributed by atoms with Gasteiger partial charge in [0.1, 0.15) is 0 Å². The standard InChI is InChI=1S/C12H21N3O4/c16-10(15-9-5-6-9)3-1-7-13-12(19)14-8-2-4-11(17)18/h9H,1-8H2,(H,15,16)(H,17,18)(H2,13,14,19). The van der Waals surface area contributed by atoms with E-state index in [2.05, 4.69) is 16.0 Å². The molecular formula is C12H21N3O4. The van der Waals surface area contributed by atoms with Crippen molar-refractivity contribution in [2.75, 3.05) is 13.1 Å². The van der Waals surface area contributed by atoms with E-state index in [1.165, 1.54) is 0 Å². The quantitative estimate of drug-likeness (QED) is 0.449. The van der Waals surface area contributed by atoms with E-state index in [4.69, 9.17) is 5.11 Å². The van der Waals surface area contributed by atoms with Crippen LogP contribution in [0.4, 0.5) is 4.79 Å². The van der Waals surface area contributed by atoms with Crippen LogP contribution in [0.15, 0.2) is 0 Å². The van der Waals surface area contributed by atoms with Gasteiger partial charge in [0.2, 0.25) is 5.91 Å². The van der Waals surface area contributed by atoms with Crippen molar-refractivity contribution in [1.82, 2.24) is 16.0 Å². The molecular weight excluding hydrogens is 250 g/mol. The molecule has 0 heterocycles. The number of rotatable bonds is 9. The fourth-order valence-corrected chi connectivity index (χ4v) is 1.48. The first-order valence-electron chi connectivity index (χ1n) is 6.61. The molecule has 3 amide bonds. The Morgan fingerprint density at radius 1 is 1.00 bits per heavy atom. The number of urea groups is 1. The number of hydrogen-bond acceptors (Lipinski definition) is 3. The van der Waals surface area contributed by atoms with Gasteiger partial charge in [-0.05, 0) is 25.7 Å². The third-order valence-electron chi connectivity index (χ3n) is 2.66. The van der Waals surface area contributed by atoms with Crippen LogP contribution in [0.25, 0.3) is 0 Å². The number of nitrogens with one attached hydrogen (secondary N) is 3. The Kier molecular flexibility index (Phi) is 6.70. The zero-order valence-corrected chi connectivity index (χ0v) is 10.9. The molecule has 7 nitrogen and oxygen atoms in total. The molecule has 0 atom stereocenters. The maximum Gasteiger partial charge on any atom is 0.314 e. The van der Waals surface area contributed by atoms with E-state index in [0.29, 0.717) is 38.4 Å². The molecule has 108 valence electrons. The molecule has 0 spiro atoms. The molecule has 1 aliphatic carbocycles. The molecule has 7 heteroatoms. The van der Waals surface area contributed by atoms with Gasteiger partial charge in [-0.2, -0.15) is 0 Å². The highest BCUT2D eigenvalue weighted by atomic mass is 16.4. The molecule has 0 radical (unpaired) electrons. The van der Waals surface area contributed by atoms with Crippen molar-refractivity contribution in [2.45, 2.75) is 44.6 Å². The second-order valence-electron chi connectivity index (χ2n) is 4.63. The Morgan fingerprint density at radius 3 is 2.11 bits per heavy atom. The molecule has 1 fully saturated rings. The molecule has 0 aromatic rings. The van der Waals surface area contributed by atoms with Crippen LogP contribution in [0.3, 0.4) is 0 Å². The zero-order chi connectivity index (χ0) is 14.1. The molecule has 0 unspecified atom stereocenters. The number of carboxylic acids is 1. The van der Waals surface area contributed by atoms with Crippen molar-refractivity contribution < 1.29 is 19.5 Å². The number of carbonyl (C=O) groups excluding carboxylic acids is 2. The summed E-state index contributed by atoms with van der Waals surface area (Å²) in [5.74, 6) is -0.838. The minimum atomic E-state index is -0.871. The molecule has 1 aliphatic rings. The molecule has 4 N–H and O–H groups in total. The second kappa shape index (κ2) is 8.34. The Morgan fingerprint density at radius 2 is 1.58 bits per heavy atom. The van der Waals surface area contributed by atoms with E-state index in [1.807, 2.05) is 0 Å². The predicted octanol–water partition coefficient (Wildman–Crippen LogP) is 0.209. The fraction of sp³-hybridized carbons (Fsp3) is 0.750. The summed E-state index contributed by atoms with van der Waals surface area (Å²) in [5, 5.41) is 16.4. The third-order valence-corrected chi connectivity index (χ3v) is 2.66. The van der Waals surface area contributed by atoms with Crippen LogP contribution < -0.4 is 16.0 Å². The van der Waals surface area contributed by atoms with Gasteiger partial charge in [0, 0.05) is 32.0 Å². The van der Waals surface area contributed by atoms with Crippen LogP contribution in [0.2, 0.25) is 0 Å². The van der Waals surface area contributed by atoms with Crippen LogP contribution in [-0.2, 0) is 9.59 Å². The lowest BCUT2D eigenvalue weighted by molar-refractivity contribution is -0.137. The lowest BCUT2D eigenvalue weighted by Gasteiger charge is -2.07. The van der Waals surface area contributed by atoms with Gasteiger partial charge in [0.15, 0.2) is 0 Å². The topological polar surface area (TPSA) is 108 Å². The van der Waals surface area contributed by atoms with Crippen LogP contribution in [-0.4, -0.2) is 42.1 Å². The first-order valence-corrected chi connectivity index (χ1v) is 6.61. The first kappa shape index (κ1) is 15.3.